The maximum absolute atomic E-state index is 13.5. The molecule has 2 atom stereocenters. The van der Waals surface area contributed by atoms with Crippen LogP contribution >= 0.6 is 0 Å². The lowest BCUT2D eigenvalue weighted by Gasteiger charge is -2.21. The number of carbonyl (C=O) groups excluding carboxylic acids is 1. The Morgan fingerprint density at radius 2 is 1.37 bits per heavy atom. The molecular weight excluding hydrogens is 336 g/mol. The fraction of sp³-hybridized carbons (Fsp3) is 0.208. The first-order valence-corrected chi connectivity index (χ1v) is 9.05. The molecule has 3 heteroatoms. The van der Waals surface area contributed by atoms with E-state index in [0.29, 0.717) is 0 Å². The van der Waals surface area contributed by atoms with E-state index in [9.17, 15) is 4.79 Å². The SMILES string of the molecule is COc1ccc(C2C(=O)c3c(C)cc(OC)cc3C2c2ccccc2)cc1. The number of rotatable bonds is 4. The van der Waals surface area contributed by atoms with Crippen LogP contribution in [0.15, 0.2) is 66.7 Å². The highest BCUT2D eigenvalue weighted by Gasteiger charge is 2.42. The molecule has 0 bridgehead atoms. The Bertz CT molecular complexity index is 975. The summed E-state index contributed by atoms with van der Waals surface area (Å²) in [5, 5.41) is 0. The lowest BCUT2D eigenvalue weighted by molar-refractivity contribution is 0.0967. The molecule has 0 saturated heterocycles. The van der Waals surface area contributed by atoms with E-state index < -0.39 is 0 Å². The Balaban J connectivity index is 1.91. The van der Waals surface area contributed by atoms with Crippen LogP contribution < -0.4 is 9.47 Å². The largest absolute Gasteiger partial charge is 0.497 e. The second-order valence-corrected chi connectivity index (χ2v) is 6.91. The number of hydrogen-bond donors (Lipinski definition) is 0. The zero-order chi connectivity index (χ0) is 19.0. The summed E-state index contributed by atoms with van der Waals surface area (Å²) in [6.45, 7) is 1.98. The number of hydrogen-bond acceptors (Lipinski definition) is 3. The van der Waals surface area contributed by atoms with E-state index >= 15 is 0 Å². The summed E-state index contributed by atoms with van der Waals surface area (Å²) in [5.41, 5.74) is 4.97. The van der Waals surface area contributed by atoms with E-state index in [4.69, 9.17) is 9.47 Å². The minimum atomic E-state index is -0.251. The molecule has 0 amide bonds. The van der Waals surface area contributed by atoms with Gasteiger partial charge in [-0.25, -0.2) is 0 Å². The first-order chi connectivity index (χ1) is 13.1. The average molecular weight is 358 g/mol. The molecule has 3 nitrogen and oxygen atoms in total. The van der Waals surface area contributed by atoms with Crippen LogP contribution in [-0.4, -0.2) is 20.0 Å². The van der Waals surface area contributed by atoms with Crippen LogP contribution in [0.4, 0.5) is 0 Å². The molecule has 27 heavy (non-hydrogen) atoms. The molecule has 0 aliphatic heterocycles. The highest BCUT2D eigenvalue weighted by atomic mass is 16.5. The number of fused-ring (bicyclic) bond motifs is 1. The number of aryl methyl sites for hydroxylation is 1. The minimum Gasteiger partial charge on any atom is -0.497 e. The zero-order valence-electron chi connectivity index (χ0n) is 15.7. The molecule has 0 saturated carbocycles. The summed E-state index contributed by atoms with van der Waals surface area (Å²) in [7, 11) is 3.31. The van der Waals surface area contributed by atoms with Gasteiger partial charge in [0.2, 0.25) is 0 Å². The van der Waals surface area contributed by atoms with Gasteiger partial charge in [0, 0.05) is 11.5 Å². The minimum absolute atomic E-state index is 0.0316. The van der Waals surface area contributed by atoms with Gasteiger partial charge in [0.15, 0.2) is 5.78 Å². The first kappa shape index (κ1) is 17.3. The molecule has 3 aromatic rings. The van der Waals surface area contributed by atoms with Gasteiger partial charge in [-0.3, -0.25) is 4.79 Å². The number of methoxy groups -OCH3 is 2. The summed E-state index contributed by atoms with van der Waals surface area (Å²) < 4.78 is 10.8. The van der Waals surface area contributed by atoms with Crippen LogP contribution in [0.1, 0.15) is 44.4 Å². The van der Waals surface area contributed by atoms with E-state index in [-0.39, 0.29) is 17.6 Å². The maximum atomic E-state index is 13.5. The molecule has 136 valence electrons. The van der Waals surface area contributed by atoms with Crippen molar-refractivity contribution < 1.29 is 14.3 Å². The van der Waals surface area contributed by atoms with Crippen molar-refractivity contribution in [1.82, 2.24) is 0 Å². The predicted octanol–water partition coefficient (Wildman–Crippen LogP) is 5.12. The van der Waals surface area contributed by atoms with Gasteiger partial charge in [-0.05, 0) is 53.4 Å². The summed E-state index contributed by atoms with van der Waals surface area (Å²) in [6.07, 6.45) is 0. The van der Waals surface area contributed by atoms with Gasteiger partial charge < -0.3 is 9.47 Å². The van der Waals surface area contributed by atoms with E-state index in [0.717, 1.165) is 39.3 Å². The molecule has 4 rings (SSSR count). The Labute approximate surface area is 159 Å². The second kappa shape index (κ2) is 6.92. The van der Waals surface area contributed by atoms with Gasteiger partial charge in [-0.2, -0.15) is 0 Å². The number of carbonyl (C=O) groups is 1. The first-order valence-electron chi connectivity index (χ1n) is 9.05. The van der Waals surface area contributed by atoms with Gasteiger partial charge in [0.1, 0.15) is 11.5 Å². The van der Waals surface area contributed by atoms with Crippen LogP contribution in [0.25, 0.3) is 0 Å². The Kier molecular flexibility index (Phi) is 4.44. The fourth-order valence-electron chi connectivity index (χ4n) is 4.15. The lowest BCUT2D eigenvalue weighted by Crippen LogP contribution is -2.13. The molecule has 0 spiro atoms. The average Bonchev–Trinajstić information content (AvgIpc) is 3.01. The van der Waals surface area contributed by atoms with Gasteiger partial charge >= 0.3 is 0 Å². The topological polar surface area (TPSA) is 35.5 Å². The normalized spacial score (nSPS) is 18.3. The van der Waals surface area contributed by atoms with Crippen molar-refractivity contribution in [3.05, 3.63) is 94.5 Å². The zero-order valence-corrected chi connectivity index (χ0v) is 15.7. The summed E-state index contributed by atoms with van der Waals surface area (Å²) in [5.74, 6) is 1.46. The molecule has 1 aliphatic carbocycles. The monoisotopic (exact) mass is 358 g/mol. The molecular formula is C24H22O3. The lowest BCUT2D eigenvalue weighted by atomic mass is 9.81. The molecule has 1 aliphatic rings. The molecule has 0 heterocycles. The van der Waals surface area contributed by atoms with Gasteiger partial charge in [-0.15, -0.1) is 0 Å². The van der Waals surface area contributed by atoms with Crippen molar-refractivity contribution in [2.75, 3.05) is 14.2 Å². The summed E-state index contributed by atoms with van der Waals surface area (Å²) in [6, 6.07) is 22.0. The third-order valence-corrected chi connectivity index (χ3v) is 5.41. The Morgan fingerprint density at radius 3 is 2.00 bits per heavy atom. The van der Waals surface area contributed by atoms with E-state index in [1.807, 2.05) is 61.5 Å². The molecule has 0 radical (unpaired) electrons. The van der Waals surface area contributed by atoms with Crippen molar-refractivity contribution in [3.8, 4) is 11.5 Å². The number of ether oxygens (including phenoxy) is 2. The predicted molar refractivity (Wildman–Crippen MR) is 106 cm³/mol. The van der Waals surface area contributed by atoms with Crippen LogP contribution in [0.2, 0.25) is 0 Å². The third-order valence-electron chi connectivity index (χ3n) is 5.41. The number of benzene rings is 3. The highest BCUT2D eigenvalue weighted by molar-refractivity contribution is 6.08. The van der Waals surface area contributed by atoms with Crippen molar-refractivity contribution in [2.24, 2.45) is 0 Å². The van der Waals surface area contributed by atoms with E-state index in [2.05, 4.69) is 12.1 Å². The van der Waals surface area contributed by atoms with E-state index in [1.54, 1.807) is 14.2 Å². The van der Waals surface area contributed by atoms with Crippen LogP contribution in [0.5, 0.6) is 11.5 Å². The van der Waals surface area contributed by atoms with Crippen molar-refractivity contribution >= 4 is 5.78 Å². The Hall–Kier alpha value is -3.07. The van der Waals surface area contributed by atoms with Crippen molar-refractivity contribution in [1.29, 1.82) is 0 Å². The van der Waals surface area contributed by atoms with Gasteiger partial charge in [-0.1, -0.05) is 42.5 Å². The molecule has 0 N–H and O–H groups in total. The molecule has 2 unspecified atom stereocenters. The van der Waals surface area contributed by atoms with Gasteiger partial charge in [0.25, 0.3) is 0 Å². The highest BCUT2D eigenvalue weighted by Crippen LogP contribution is 2.49. The smallest absolute Gasteiger partial charge is 0.171 e. The Morgan fingerprint density at radius 1 is 0.741 bits per heavy atom. The van der Waals surface area contributed by atoms with Crippen LogP contribution in [-0.2, 0) is 0 Å². The maximum Gasteiger partial charge on any atom is 0.171 e. The van der Waals surface area contributed by atoms with Crippen molar-refractivity contribution in [3.63, 3.8) is 0 Å². The summed E-state index contributed by atoms with van der Waals surface area (Å²) >= 11 is 0. The number of ketones is 1. The third kappa shape index (κ3) is 2.89. The molecule has 0 aromatic heterocycles. The number of Topliss-reactive ketones (excluding diaryl/α,β-unsaturated/α-hetero) is 1. The fourth-order valence-corrected chi connectivity index (χ4v) is 4.15. The van der Waals surface area contributed by atoms with Crippen molar-refractivity contribution in [2.45, 2.75) is 18.8 Å². The van der Waals surface area contributed by atoms with Crippen LogP contribution in [0, 0.1) is 6.92 Å². The molecule has 0 fully saturated rings. The summed E-state index contributed by atoms with van der Waals surface area (Å²) in [4.78, 5) is 13.5. The van der Waals surface area contributed by atoms with Crippen LogP contribution in [0.3, 0.4) is 0 Å². The quantitative estimate of drug-likeness (QED) is 0.649. The molecule has 3 aromatic carbocycles. The van der Waals surface area contributed by atoms with E-state index in [1.165, 1.54) is 0 Å². The standard InChI is InChI=1S/C24H22O3/c1-15-13-19(27-3)14-20-21(15)24(25)23(17-9-11-18(26-2)12-10-17)22(20)16-7-5-4-6-8-16/h4-14,22-23H,1-3H3. The second-order valence-electron chi connectivity index (χ2n) is 6.91. The van der Waals surface area contributed by atoms with Gasteiger partial charge in [0.05, 0.1) is 20.1 Å².